The van der Waals surface area contributed by atoms with E-state index in [1.165, 1.54) is 28.6 Å². The van der Waals surface area contributed by atoms with Gasteiger partial charge in [0.1, 0.15) is 10.6 Å². The molecule has 0 unspecified atom stereocenters. The molecule has 1 saturated heterocycles. The minimum atomic E-state index is -4.72. The van der Waals surface area contributed by atoms with Crippen LogP contribution in [0.1, 0.15) is 25.6 Å². The number of aromatic nitrogens is 4. The molecule has 0 bridgehead atoms. The smallest absolute Gasteiger partial charge is 0.453 e. The van der Waals surface area contributed by atoms with Gasteiger partial charge in [0.15, 0.2) is 11.5 Å². The zero-order valence-corrected chi connectivity index (χ0v) is 17.2. The minimum absolute atomic E-state index is 0.0115. The van der Waals surface area contributed by atoms with Crippen LogP contribution in [-0.2, 0) is 16.2 Å². The van der Waals surface area contributed by atoms with Crippen LogP contribution >= 0.6 is 0 Å². The Hall–Kier alpha value is -2.93. The summed E-state index contributed by atoms with van der Waals surface area (Å²) in [6.45, 7) is 2.88. The first-order valence-corrected chi connectivity index (χ1v) is 11.0. The van der Waals surface area contributed by atoms with Gasteiger partial charge >= 0.3 is 6.18 Å². The molecule has 3 aromatic rings. The molecule has 13 heteroatoms. The van der Waals surface area contributed by atoms with Crippen molar-refractivity contribution in [3.63, 3.8) is 0 Å². The summed E-state index contributed by atoms with van der Waals surface area (Å²) >= 11 is 0. The summed E-state index contributed by atoms with van der Waals surface area (Å²) in [5.41, 5.74) is 0.261. The molecule has 1 aliphatic heterocycles. The lowest BCUT2D eigenvalue weighted by atomic mass is 10.3. The second-order valence-electron chi connectivity index (χ2n) is 6.84. The van der Waals surface area contributed by atoms with Crippen LogP contribution in [0.2, 0.25) is 0 Å². The molecule has 1 aliphatic rings. The van der Waals surface area contributed by atoms with Gasteiger partial charge in [-0.15, -0.1) is 15.3 Å². The molecule has 2 aromatic heterocycles. The van der Waals surface area contributed by atoms with Crippen molar-refractivity contribution in [2.45, 2.75) is 30.8 Å². The molecular formula is C18H19F3N6O3S. The second-order valence-corrected chi connectivity index (χ2v) is 8.75. The molecule has 0 radical (unpaired) electrons. The quantitative estimate of drug-likeness (QED) is 0.608. The van der Waals surface area contributed by atoms with Gasteiger partial charge in [-0.05, 0) is 50.1 Å². The fourth-order valence-corrected chi connectivity index (χ4v) is 4.98. The lowest BCUT2D eigenvalue weighted by Gasteiger charge is -2.19. The molecule has 3 heterocycles. The number of hydrogen-bond donors (Lipinski definition) is 1. The molecule has 0 aliphatic carbocycles. The molecule has 9 nitrogen and oxygen atoms in total. The Balaban J connectivity index is 1.70. The zero-order chi connectivity index (χ0) is 22.2. The fraction of sp³-hybridized carbons (Fsp3) is 0.389. The number of sulfonamides is 1. The normalized spacial score (nSPS) is 15.5. The lowest BCUT2D eigenvalue weighted by Crippen LogP contribution is -2.28. The molecule has 1 fully saturated rings. The zero-order valence-electron chi connectivity index (χ0n) is 16.4. The summed E-state index contributed by atoms with van der Waals surface area (Å²) in [7, 11) is -3.78. The predicted molar refractivity (Wildman–Crippen MR) is 105 cm³/mol. The Labute approximate surface area is 175 Å². The fourth-order valence-electron chi connectivity index (χ4n) is 3.31. The number of alkyl halides is 3. The highest BCUT2D eigenvalue weighted by molar-refractivity contribution is 7.89. The summed E-state index contributed by atoms with van der Waals surface area (Å²) in [6, 6.07) is 7.22. The van der Waals surface area contributed by atoms with Gasteiger partial charge in [0.2, 0.25) is 10.0 Å². The maximum atomic E-state index is 13.1. The van der Waals surface area contributed by atoms with Gasteiger partial charge in [0.05, 0.1) is 6.61 Å². The van der Waals surface area contributed by atoms with Crippen LogP contribution in [0.15, 0.2) is 35.2 Å². The van der Waals surface area contributed by atoms with Crippen molar-refractivity contribution in [3.8, 4) is 5.75 Å². The molecule has 0 spiro atoms. The summed E-state index contributed by atoms with van der Waals surface area (Å²) in [5.74, 6) is -0.983. The van der Waals surface area contributed by atoms with E-state index in [1.807, 2.05) is 0 Å². The highest BCUT2D eigenvalue weighted by Gasteiger charge is 2.37. The van der Waals surface area contributed by atoms with E-state index in [9.17, 15) is 21.6 Å². The summed E-state index contributed by atoms with van der Waals surface area (Å²) < 4.78 is 72.9. The van der Waals surface area contributed by atoms with Crippen molar-refractivity contribution in [1.29, 1.82) is 0 Å². The third-order valence-electron chi connectivity index (χ3n) is 4.72. The van der Waals surface area contributed by atoms with E-state index in [0.717, 1.165) is 12.8 Å². The van der Waals surface area contributed by atoms with Gasteiger partial charge < -0.3 is 10.1 Å². The van der Waals surface area contributed by atoms with Crippen molar-refractivity contribution in [2.24, 2.45) is 0 Å². The van der Waals surface area contributed by atoms with E-state index in [4.69, 9.17) is 4.74 Å². The van der Waals surface area contributed by atoms with Crippen molar-refractivity contribution >= 4 is 27.2 Å². The summed E-state index contributed by atoms with van der Waals surface area (Å²) in [4.78, 5) is -0.0115. The third kappa shape index (κ3) is 4.14. The molecular weight excluding hydrogens is 437 g/mol. The van der Waals surface area contributed by atoms with Crippen LogP contribution in [-0.4, -0.2) is 52.2 Å². The van der Waals surface area contributed by atoms with Crippen LogP contribution in [0.25, 0.3) is 5.65 Å². The number of nitrogens with zero attached hydrogens (tertiary/aromatic N) is 5. The van der Waals surface area contributed by atoms with E-state index in [2.05, 4.69) is 20.6 Å². The number of hydrogen-bond acceptors (Lipinski definition) is 7. The third-order valence-corrected chi connectivity index (χ3v) is 6.64. The van der Waals surface area contributed by atoms with Crippen LogP contribution in [0.4, 0.5) is 24.7 Å². The van der Waals surface area contributed by atoms with E-state index in [1.54, 1.807) is 13.0 Å². The summed E-state index contributed by atoms with van der Waals surface area (Å²) in [6.07, 6.45) is -3.15. The monoisotopic (exact) mass is 456 g/mol. The van der Waals surface area contributed by atoms with Crippen molar-refractivity contribution < 1.29 is 26.3 Å². The number of fused-ring (bicyclic) bond motifs is 1. The van der Waals surface area contributed by atoms with Crippen LogP contribution in [0, 0.1) is 0 Å². The Bertz CT molecular complexity index is 1210. The van der Waals surface area contributed by atoms with Crippen LogP contribution < -0.4 is 10.1 Å². The Morgan fingerprint density at radius 2 is 1.87 bits per heavy atom. The van der Waals surface area contributed by atoms with Gasteiger partial charge in [-0.2, -0.15) is 22.0 Å². The number of anilines is 2. The second kappa shape index (κ2) is 7.96. The molecule has 1 N–H and O–H groups in total. The van der Waals surface area contributed by atoms with Crippen molar-refractivity contribution in [2.75, 3.05) is 25.0 Å². The van der Waals surface area contributed by atoms with Gasteiger partial charge in [-0.25, -0.2) is 8.42 Å². The first-order valence-electron chi connectivity index (χ1n) is 9.54. The predicted octanol–water partition coefficient (Wildman–Crippen LogP) is 3.07. The number of ether oxygens (including phenoxy) is 1. The minimum Gasteiger partial charge on any atom is -0.492 e. The molecule has 0 saturated carbocycles. The average molecular weight is 456 g/mol. The SMILES string of the molecule is CCOc1ccc(Nc2ccc3nnc(C(F)(F)F)n3n2)cc1S(=O)(=O)N1CCCC1. The molecule has 31 heavy (non-hydrogen) atoms. The molecule has 0 amide bonds. The lowest BCUT2D eigenvalue weighted by molar-refractivity contribution is -0.146. The average Bonchev–Trinajstić information content (AvgIpc) is 3.39. The van der Waals surface area contributed by atoms with E-state index in [-0.39, 0.29) is 28.7 Å². The van der Waals surface area contributed by atoms with E-state index >= 15 is 0 Å². The number of halogens is 3. The topological polar surface area (TPSA) is 102 Å². The van der Waals surface area contributed by atoms with Gasteiger partial charge in [0, 0.05) is 18.8 Å². The highest BCUT2D eigenvalue weighted by Crippen LogP contribution is 2.33. The van der Waals surface area contributed by atoms with Crippen molar-refractivity contribution in [3.05, 3.63) is 36.2 Å². The Kier molecular flexibility index (Phi) is 5.47. The standard InChI is InChI=1S/C18H19F3N6O3S/c1-2-30-13-6-5-12(11-14(13)31(28,29)26-9-3-4-10-26)22-15-7-8-16-23-24-17(18(19,20)21)27(16)25-15/h5-8,11H,2-4,9-10H2,1H3,(H,22,25). The van der Waals surface area contributed by atoms with E-state index in [0.29, 0.717) is 23.3 Å². The van der Waals surface area contributed by atoms with Gasteiger partial charge in [-0.1, -0.05) is 0 Å². The number of rotatable bonds is 6. The van der Waals surface area contributed by atoms with Gasteiger partial charge in [0.25, 0.3) is 5.82 Å². The van der Waals surface area contributed by atoms with E-state index < -0.39 is 22.0 Å². The largest absolute Gasteiger partial charge is 0.492 e. The first kappa shape index (κ1) is 21.3. The highest BCUT2D eigenvalue weighted by atomic mass is 32.2. The number of nitrogens with one attached hydrogen (secondary N) is 1. The van der Waals surface area contributed by atoms with Crippen molar-refractivity contribution in [1.82, 2.24) is 24.1 Å². The number of benzene rings is 1. The Morgan fingerprint density at radius 1 is 1.13 bits per heavy atom. The Morgan fingerprint density at radius 3 is 2.55 bits per heavy atom. The van der Waals surface area contributed by atoms with Crippen LogP contribution in [0.5, 0.6) is 5.75 Å². The van der Waals surface area contributed by atoms with Gasteiger partial charge in [-0.3, -0.25) is 0 Å². The maximum Gasteiger partial charge on any atom is 0.453 e. The molecule has 4 rings (SSSR count). The first-order chi connectivity index (χ1) is 14.7. The molecule has 166 valence electrons. The summed E-state index contributed by atoms with van der Waals surface area (Å²) in [5, 5.41) is 13.3. The molecule has 1 aromatic carbocycles. The maximum absolute atomic E-state index is 13.1. The molecule has 0 atom stereocenters. The van der Waals surface area contributed by atoms with Crippen LogP contribution in [0.3, 0.4) is 0 Å².